The molecule has 0 heterocycles. The molecular weight excluding hydrogens is 160 g/mol. The second kappa shape index (κ2) is 8.24. The Balaban J connectivity index is 3.56. The standard InChI is InChI=1S/C11H24N2/c1-5-7-8-9-13(6-2)10-11(3)12-4/h11H,4-10H2,1-3H3. The molecule has 0 aliphatic carbocycles. The number of unbranched alkanes of at least 4 members (excludes halogenated alkanes) is 2. The predicted molar refractivity (Wildman–Crippen MR) is 60.7 cm³/mol. The van der Waals surface area contributed by atoms with Crippen molar-refractivity contribution >= 4 is 6.72 Å². The van der Waals surface area contributed by atoms with E-state index < -0.39 is 0 Å². The van der Waals surface area contributed by atoms with E-state index in [-0.39, 0.29) is 0 Å². The summed E-state index contributed by atoms with van der Waals surface area (Å²) in [5.74, 6) is 0. The quantitative estimate of drug-likeness (QED) is 0.418. The Morgan fingerprint density at radius 1 is 1.31 bits per heavy atom. The SMILES string of the molecule is C=NC(C)CN(CC)CCCCC. The van der Waals surface area contributed by atoms with E-state index in [1.165, 1.54) is 25.8 Å². The van der Waals surface area contributed by atoms with Crippen LogP contribution in [-0.4, -0.2) is 37.3 Å². The van der Waals surface area contributed by atoms with Crippen LogP contribution in [-0.2, 0) is 0 Å². The predicted octanol–water partition coefficient (Wildman–Crippen LogP) is 2.59. The Hall–Kier alpha value is -0.370. The average Bonchev–Trinajstić information content (AvgIpc) is 2.16. The van der Waals surface area contributed by atoms with Crippen molar-refractivity contribution in [3.05, 3.63) is 0 Å². The van der Waals surface area contributed by atoms with Gasteiger partial charge < -0.3 is 4.90 Å². The molecule has 0 aromatic rings. The zero-order chi connectivity index (χ0) is 10.1. The van der Waals surface area contributed by atoms with Gasteiger partial charge in [-0.1, -0.05) is 26.7 Å². The lowest BCUT2D eigenvalue weighted by atomic mass is 10.2. The lowest BCUT2D eigenvalue weighted by Gasteiger charge is -2.22. The highest BCUT2D eigenvalue weighted by Crippen LogP contribution is 2.00. The van der Waals surface area contributed by atoms with Crippen molar-refractivity contribution in [1.29, 1.82) is 0 Å². The van der Waals surface area contributed by atoms with Gasteiger partial charge in [-0.05, 0) is 33.2 Å². The minimum Gasteiger partial charge on any atom is -0.301 e. The number of nitrogens with zero attached hydrogens (tertiary/aromatic N) is 2. The van der Waals surface area contributed by atoms with Crippen LogP contribution in [0.3, 0.4) is 0 Å². The molecule has 0 aliphatic rings. The van der Waals surface area contributed by atoms with Crippen LogP contribution in [0.2, 0.25) is 0 Å². The summed E-state index contributed by atoms with van der Waals surface area (Å²) in [6, 6.07) is 0.376. The molecule has 0 aromatic carbocycles. The number of likely N-dealkylation sites (N-methyl/N-ethyl adjacent to an activating group) is 1. The van der Waals surface area contributed by atoms with Crippen LogP contribution >= 0.6 is 0 Å². The summed E-state index contributed by atoms with van der Waals surface area (Å²) in [7, 11) is 0. The molecule has 0 saturated carbocycles. The molecular formula is C11H24N2. The van der Waals surface area contributed by atoms with Gasteiger partial charge >= 0.3 is 0 Å². The maximum Gasteiger partial charge on any atom is 0.0591 e. The highest BCUT2D eigenvalue weighted by Gasteiger charge is 2.05. The van der Waals surface area contributed by atoms with Gasteiger partial charge in [-0.2, -0.15) is 0 Å². The maximum absolute atomic E-state index is 4.01. The number of hydrogen-bond donors (Lipinski definition) is 0. The minimum atomic E-state index is 0.376. The van der Waals surface area contributed by atoms with Crippen LogP contribution in [0.5, 0.6) is 0 Å². The van der Waals surface area contributed by atoms with E-state index in [2.05, 4.69) is 37.4 Å². The van der Waals surface area contributed by atoms with E-state index in [0.717, 1.165) is 13.1 Å². The first kappa shape index (κ1) is 12.6. The summed E-state index contributed by atoms with van der Waals surface area (Å²) >= 11 is 0. The Kier molecular flexibility index (Phi) is 8.00. The van der Waals surface area contributed by atoms with Crippen molar-refractivity contribution in [2.75, 3.05) is 19.6 Å². The lowest BCUT2D eigenvalue weighted by molar-refractivity contribution is 0.269. The van der Waals surface area contributed by atoms with Crippen molar-refractivity contribution < 1.29 is 0 Å². The van der Waals surface area contributed by atoms with Crippen molar-refractivity contribution in [3.8, 4) is 0 Å². The summed E-state index contributed by atoms with van der Waals surface area (Å²) < 4.78 is 0. The Bertz CT molecular complexity index is 123. The Morgan fingerprint density at radius 3 is 2.46 bits per heavy atom. The minimum absolute atomic E-state index is 0.376. The van der Waals surface area contributed by atoms with E-state index in [1.807, 2.05) is 0 Å². The Labute approximate surface area is 83.0 Å². The van der Waals surface area contributed by atoms with Gasteiger partial charge in [0.1, 0.15) is 0 Å². The third kappa shape index (κ3) is 6.76. The summed E-state index contributed by atoms with van der Waals surface area (Å²) in [4.78, 5) is 6.47. The van der Waals surface area contributed by atoms with Gasteiger partial charge in [0.05, 0.1) is 6.04 Å². The van der Waals surface area contributed by atoms with Crippen LogP contribution in [0, 0.1) is 0 Å². The van der Waals surface area contributed by atoms with Gasteiger partial charge in [0.2, 0.25) is 0 Å². The normalized spacial score (nSPS) is 13.2. The molecule has 0 radical (unpaired) electrons. The molecule has 0 spiro atoms. The van der Waals surface area contributed by atoms with Crippen LogP contribution in [0.15, 0.2) is 4.99 Å². The van der Waals surface area contributed by atoms with Gasteiger partial charge in [0, 0.05) is 6.54 Å². The zero-order valence-corrected chi connectivity index (χ0v) is 9.42. The van der Waals surface area contributed by atoms with Crippen LogP contribution in [0.1, 0.15) is 40.0 Å². The highest BCUT2D eigenvalue weighted by molar-refractivity contribution is 5.24. The lowest BCUT2D eigenvalue weighted by Crippen LogP contribution is -2.31. The molecule has 0 bridgehead atoms. The molecule has 13 heavy (non-hydrogen) atoms. The molecule has 0 fully saturated rings. The molecule has 0 aliphatic heterocycles. The highest BCUT2D eigenvalue weighted by atomic mass is 15.1. The third-order valence-electron chi connectivity index (χ3n) is 2.36. The molecule has 0 saturated heterocycles. The smallest absolute Gasteiger partial charge is 0.0591 e. The monoisotopic (exact) mass is 184 g/mol. The van der Waals surface area contributed by atoms with Gasteiger partial charge in [-0.15, -0.1) is 0 Å². The van der Waals surface area contributed by atoms with E-state index in [9.17, 15) is 0 Å². The fraction of sp³-hybridized carbons (Fsp3) is 0.909. The second-order valence-corrected chi connectivity index (χ2v) is 3.63. The van der Waals surface area contributed by atoms with Crippen molar-refractivity contribution in [3.63, 3.8) is 0 Å². The van der Waals surface area contributed by atoms with Gasteiger partial charge in [0.25, 0.3) is 0 Å². The van der Waals surface area contributed by atoms with E-state index in [0.29, 0.717) is 6.04 Å². The number of rotatable bonds is 8. The molecule has 0 aromatic heterocycles. The molecule has 1 unspecified atom stereocenters. The van der Waals surface area contributed by atoms with Gasteiger partial charge in [-0.3, -0.25) is 4.99 Å². The Morgan fingerprint density at radius 2 is 2.00 bits per heavy atom. The zero-order valence-electron chi connectivity index (χ0n) is 9.42. The van der Waals surface area contributed by atoms with Crippen LogP contribution in [0.25, 0.3) is 0 Å². The molecule has 0 amide bonds. The summed E-state index contributed by atoms with van der Waals surface area (Å²) in [6.07, 6.45) is 3.95. The van der Waals surface area contributed by atoms with Crippen LogP contribution in [0.4, 0.5) is 0 Å². The third-order valence-corrected chi connectivity index (χ3v) is 2.36. The van der Waals surface area contributed by atoms with Crippen LogP contribution < -0.4 is 0 Å². The van der Waals surface area contributed by atoms with Gasteiger partial charge in [0.15, 0.2) is 0 Å². The second-order valence-electron chi connectivity index (χ2n) is 3.63. The van der Waals surface area contributed by atoms with E-state index in [1.54, 1.807) is 0 Å². The largest absolute Gasteiger partial charge is 0.301 e. The fourth-order valence-electron chi connectivity index (χ4n) is 1.40. The molecule has 0 rings (SSSR count). The molecule has 0 N–H and O–H groups in total. The summed E-state index contributed by atoms with van der Waals surface area (Å²) in [5.41, 5.74) is 0. The van der Waals surface area contributed by atoms with E-state index in [4.69, 9.17) is 0 Å². The maximum atomic E-state index is 4.01. The van der Waals surface area contributed by atoms with Crippen molar-refractivity contribution in [2.45, 2.75) is 46.1 Å². The van der Waals surface area contributed by atoms with Crippen molar-refractivity contribution in [1.82, 2.24) is 4.90 Å². The topological polar surface area (TPSA) is 15.6 Å². The summed E-state index contributed by atoms with van der Waals surface area (Å²) in [5, 5.41) is 0. The van der Waals surface area contributed by atoms with E-state index >= 15 is 0 Å². The number of aliphatic imine (C=N–C) groups is 1. The average molecular weight is 184 g/mol. The molecule has 1 atom stereocenters. The molecule has 2 nitrogen and oxygen atoms in total. The first-order valence-corrected chi connectivity index (χ1v) is 5.42. The summed E-state index contributed by atoms with van der Waals surface area (Å²) in [6.45, 7) is 13.5. The van der Waals surface area contributed by atoms with Gasteiger partial charge in [-0.25, -0.2) is 0 Å². The first-order valence-electron chi connectivity index (χ1n) is 5.42. The van der Waals surface area contributed by atoms with Crippen molar-refractivity contribution in [2.24, 2.45) is 4.99 Å². The molecule has 78 valence electrons. The first-order chi connectivity index (χ1) is 6.24. The molecule has 2 heteroatoms. The number of hydrogen-bond acceptors (Lipinski definition) is 2. The fourth-order valence-corrected chi connectivity index (χ4v) is 1.40.